The lowest BCUT2D eigenvalue weighted by molar-refractivity contribution is -0.121. The number of amides is 2. The second kappa shape index (κ2) is 8.77. The molecule has 1 aliphatic heterocycles. The number of rotatable bonds is 8. The van der Waals surface area contributed by atoms with Crippen molar-refractivity contribution in [1.29, 1.82) is 0 Å². The normalized spacial score (nSPS) is 22.2. The maximum atomic E-state index is 12.5. The Bertz CT molecular complexity index is 721. The fourth-order valence-electron chi connectivity index (χ4n) is 2.84. The van der Waals surface area contributed by atoms with Crippen LogP contribution in [-0.2, 0) is 9.59 Å². The van der Waals surface area contributed by atoms with Gasteiger partial charge < -0.3 is 16.0 Å². The summed E-state index contributed by atoms with van der Waals surface area (Å²) in [6.45, 7) is 4.35. The number of hydrogen-bond donors (Lipinski definition) is 3. The fourth-order valence-corrected chi connectivity index (χ4v) is 3.18. The minimum atomic E-state index is -0.779. The fraction of sp³-hybridized carbons (Fsp3) is 0.412. The van der Waals surface area contributed by atoms with Crippen LogP contribution in [0.1, 0.15) is 26.7 Å². The Morgan fingerprint density at radius 3 is 2.85 bits per heavy atom. The standard InChI is InChI=1S/C17H23ClN6O2/c1-4-17(6-8-19-3)23-16(26)15(24(17)11-25)13(18)9-12(2)22-14-5-7-20-10-21-14/h5,7,9-11,19H,4,6,8H2,1-3H3,(H,23,26)(H,20,21,22)/b12-9+,15-13+. The summed E-state index contributed by atoms with van der Waals surface area (Å²) in [4.78, 5) is 33.6. The zero-order valence-corrected chi connectivity index (χ0v) is 15.8. The molecule has 0 saturated carbocycles. The molecule has 0 radical (unpaired) electrons. The van der Waals surface area contributed by atoms with Gasteiger partial charge in [-0.1, -0.05) is 18.5 Å². The summed E-state index contributed by atoms with van der Waals surface area (Å²) in [6, 6.07) is 1.71. The number of nitrogens with zero attached hydrogens (tertiary/aromatic N) is 3. The van der Waals surface area contributed by atoms with E-state index in [1.54, 1.807) is 25.3 Å². The molecule has 1 aliphatic rings. The lowest BCUT2D eigenvalue weighted by atomic mass is 10.0. The van der Waals surface area contributed by atoms with Crippen LogP contribution < -0.4 is 16.0 Å². The third-order valence-corrected chi connectivity index (χ3v) is 4.51. The molecule has 9 heteroatoms. The van der Waals surface area contributed by atoms with E-state index in [-0.39, 0.29) is 16.6 Å². The number of anilines is 1. The van der Waals surface area contributed by atoms with Gasteiger partial charge in [-0.15, -0.1) is 0 Å². The Hall–Kier alpha value is -2.45. The molecule has 140 valence electrons. The molecule has 1 aromatic heterocycles. The van der Waals surface area contributed by atoms with Crippen molar-refractivity contribution in [2.45, 2.75) is 32.4 Å². The molecular weight excluding hydrogens is 356 g/mol. The van der Waals surface area contributed by atoms with E-state index >= 15 is 0 Å². The Balaban J connectivity index is 2.32. The van der Waals surface area contributed by atoms with Gasteiger partial charge in [0.15, 0.2) is 0 Å². The molecule has 26 heavy (non-hydrogen) atoms. The Morgan fingerprint density at radius 1 is 1.50 bits per heavy atom. The van der Waals surface area contributed by atoms with E-state index in [0.29, 0.717) is 37.3 Å². The minimum absolute atomic E-state index is 0.142. The van der Waals surface area contributed by atoms with Gasteiger partial charge in [0, 0.05) is 18.3 Å². The number of carbonyl (C=O) groups is 2. The third kappa shape index (κ3) is 4.20. The van der Waals surface area contributed by atoms with Crippen molar-refractivity contribution in [1.82, 2.24) is 25.5 Å². The van der Waals surface area contributed by atoms with Gasteiger partial charge in [0.05, 0.1) is 5.03 Å². The van der Waals surface area contributed by atoms with Gasteiger partial charge in [0.25, 0.3) is 5.91 Å². The van der Waals surface area contributed by atoms with Gasteiger partial charge in [0.2, 0.25) is 6.41 Å². The molecule has 8 nitrogen and oxygen atoms in total. The van der Waals surface area contributed by atoms with Crippen LogP contribution in [0.5, 0.6) is 0 Å². The van der Waals surface area contributed by atoms with Gasteiger partial charge in [-0.05, 0) is 39.1 Å². The molecule has 1 atom stereocenters. The van der Waals surface area contributed by atoms with Gasteiger partial charge >= 0.3 is 0 Å². The second-order valence-corrected chi connectivity index (χ2v) is 6.32. The number of carbonyl (C=O) groups excluding carboxylic acids is 2. The molecule has 0 aromatic carbocycles. The average molecular weight is 379 g/mol. The summed E-state index contributed by atoms with van der Waals surface area (Å²) in [5.41, 5.74) is 0.0339. The molecular formula is C17H23ClN6O2. The molecule has 2 heterocycles. The van der Waals surface area contributed by atoms with Gasteiger partial charge in [-0.25, -0.2) is 9.97 Å². The van der Waals surface area contributed by atoms with Crippen molar-refractivity contribution in [2.75, 3.05) is 18.9 Å². The van der Waals surface area contributed by atoms with Crippen molar-refractivity contribution in [2.24, 2.45) is 0 Å². The van der Waals surface area contributed by atoms with Crippen molar-refractivity contribution < 1.29 is 9.59 Å². The van der Waals surface area contributed by atoms with Crippen LogP contribution in [0.3, 0.4) is 0 Å². The van der Waals surface area contributed by atoms with Crippen LogP contribution in [-0.4, -0.2) is 46.4 Å². The van der Waals surface area contributed by atoms with Crippen LogP contribution in [0.4, 0.5) is 5.82 Å². The third-order valence-electron chi connectivity index (χ3n) is 4.22. The minimum Gasteiger partial charge on any atom is -0.344 e. The molecule has 1 aromatic rings. The summed E-state index contributed by atoms with van der Waals surface area (Å²) in [7, 11) is 1.82. The molecule has 3 N–H and O–H groups in total. The molecule has 1 unspecified atom stereocenters. The number of halogens is 1. The number of aromatic nitrogens is 2. The lowest BCUT2D eigenvalue weighted by Gasteiger charge is -2.34. The Morgan fingerprint density at radius 2 is 2.27 bits per heavy atom. The monoisotopic (exact) mass is 378 g/mol. The quantitative estimate of drug-likeness (QED) is 0.469. The highest BCUT2D eigenvalue weighted by Crippen LogP contribution is 2.33. The van der Waals surface area contributed by atoms with Crippen molar-refractivity contribution in [3.63, 3.8) is 0 Å². The van der Waals surface area contributed by atoms with E-state index in [1.807, 2.05) is 14.0 Å². The second-order valence-electron chi connectivity index (χ2n) is 5.91. The number of hydrogen-bond acceptors (Lipinski definition) is 6. The Labute approximate surface area is 157 Å². The topological polar surface area (TPSA) is 99.2 Å². The van der Waals surface area contributed by atoms with E-state index in [1.165, 1.54) is 11.2 Å². The highest BCUT2D eigenvalue weighted by atomic mass is 35.5. The maximum absolute atomic E-state index is 12.5. The predicted octanol–water partition coefficient (Wildman–Crippen LogP) is 1.55. The first-order valence-electron chi connectivity index (χ1n) is 8.30. The highest BCUT2D eigenvalue weighted by Gasteiger charge is 2.47. The van der Waals surface area contributed by atoms with Crippen molar-refractivity contribution >= 4 is 29.7 Å². The van der Waals surface area contributed by atoms with Gasteiger partial charge in [0.1, 0.15) is 23.5 Å². The van der Waals surface area contributed by atoms with Crippen LogP contribution in [0.15, 0.2) is 41.1 Å². The first-order valence-corrected chi connectivity index (χ1v) is 8.68. The Kier molecular flexibility index (Phi) is 6.70. The molecule has 0 bridgehead atoms. The SMILES string of the molecule is CCC1(CCNC)NC(=O)/C(=C(Cl)/C=C(\C)Nc2ccncn2)N1C=O. The van der Waals surface area contributed by atoms with Crippen LogP contribution in [0.2, 0.25) is 0 Å². The van der Waals surface area contributed by atoms with Crippen molar-refractivity contribution in [3.05, 3.63) is 41.1 Å². The van der Waals surface area contributed by atoms with E-state index in [2.05, 4.69) is 25.9 Å². The summed E-state index contributed by atoms with van der Waals surface area (Å²) in [5.74, 6) is 0.231. The summed E-state index contributed by atoms with van der Waals surface area (Å²) >= 11 is 6.39. The van der Waals surface area contributed by atoms with E-state index in [0.717, 1.165) is 0 Å². The molecule has 2 rings (SSSR count). The molecule has 2 amide bonds. The summed E-state index contributed by atoms with van der Waals surface area (Å²) < 4.78 is 0. The molecule has 0 aliphatic carbocycles. The van der Waals surface area contributed by atoms with Crippen LogP contribution >= 0.6 is 11.6 Å². The number of nitrogens with one attached hydrogen (secondary N) is 3. The predicted molar refractivity (Wildman–Crippen MR) is 99.9 cm³/mol. The van der Waals surface area contributed by atoms with Crippen molar-refractivity contribution in [3.8, 4) is 0 Å². The average Bonchev–Trinajstić information content (AvgIpc) is 2.92. The summed E-state index contributed by atoms with van der Waals surface area (Å²) in [6.07, 6.45) is 6.41. The largest absolute Gasteiger partial charge is 0.344 e. The summed E-state index contributed by atoms with van der Waals surface area (Å²) in [5, 5.41) is 9.18. The van der Waals surface area contributed by atoms with E-state index in [9.17, 15) is 9.59 Å². The van der Waals surface area contributed by atoms with Gasteiger partial charge in [-0.2, -0.15) is 0 Å². The molecule has 1 fully saturated rings. The first-order chi connectivity index (χ1) is 12.5. The first kappa shape index (κ1) is 19.9. The van der Waals surface area contributed by atoms with Crippen LogP contribution in [0.25, 0.3) is 0 Å². The lowest BCUT2D eigenvalue weighted by Crippen LogP contribution is -2.52. The maximum Gasteiger partial charge on any atom is 0.271 e. The zero-order valence-electron chi connectivity index (χ0n) is 15.0. The van der Waals surface area contributed by atoms with Crippen LogP contribution in [0, 0.1) is 0 Å². The zero-order chi connectivity index (χ0) is 19.2. The number of allylic oxidation sites excluding steroid dienone is 3. The van der Waals surface area contributed by atoms with Gasteiger partial charge in [-0.3, -0.25) is 14.5 Å². The molecule has 1 saturated heterocycles. The molecule has 0 spiro atoms. The van der Waals surface area contributed by atoms with E-state index in [4.69, 9.17) is 11.6 Å². The van der Waals surface area contributed by atoms with E-state index < -0.39 is 5.66 Å². The smallest absolute Gasteiger partial charge is 0.271 e. The highest BCUT2D eigenvalue weighted by molar-refractivity contribution is 6.33.